The molecule has 0 heterocycles. The molecule has 0 bridgehead atoms. The Balaban J connectivity index is 2.92. The van der Waals surface area contributed by atoms with Gasteiger partial charge in [0.2, 0.25) is 0 Å². The van der Waals surface area contributed by atoms with Crippen molar-refractivity contribution in [2.45, 2.75) is 51.0 Å². The van der Waals surface area contributed by atoms with Crippen LogP contribution in [0.4, 0.5) is 5.69 Å². The third-order valence-corrected chi connectivity index (χ3v) is 4.68. The van der Waals surface area contributed by atoms with Crippen LogP contribution in [0.15, 0.2) is 29.2 Å². The number of nitrogens with one attached hydrogen (secondary N) is 1. The van der Waals surface area contributed by atoms with E-state index in [-0.39, 0.29) is 0 Å². The largest absolute Gasteiger partial charge is 0.381 e. The second-order valence-electron chi connectivity index (χ2n) is 5.27. The summed E-state index contributed by atoms with van der Waals surface area (Å²) in [6, 6.07) is 7.45. The number of sulfone groups is 1. The summed E-state index contributed by atoms with van der Waals surface area (Å²) in [4.78, 5) is 0.387. The molecule has 0 aromatic heterocycles. The van der Waals surface area contributed by atoms with Gasteiger partial charge < -0.3 is 5.32 Å². The first kappa shape index (κ1) is 16.0. The molecule has 1 aromatic carbocycles. The van der Waals surface area contributed by atoms with Crippen LogP contribution >= 0.6 is 0 Å². The van der Waals surface area contributed by atoms with E-state index in [1.165, 1.54) is 6.26 Å². The van der Waals surface area contributed by atoms with E-state index in [0.29, 0.717) is 16.9 Å². The molecule has 3 nitrogen and oxygen atoms in total. The van der Waals surface area contributed by atoms with Crippen molar-refractivity contribution >= 4 is 15.5 Å². The highest BCUT2D eigenvalue weighted by Gasteiger charge is 2.16. The van der Waals surface area contributed by atoms with Gasteiger partial charge in [0.15, 0.2) is 9.84 Å². The Kier molecular flexibility index (Phi) is 5.85. The Bertz CT molecular complexity index is 497. The van der Waals surface area contributed by atoms with Crippen molar-refractivity contribution < 1.29 is 8.42 Å². The van der Waals surface area contributed by atoms with Crippen molar-refractivity contribution in [2.24, 2.45) is 5.92 Å². The summed E-state index contributed by atoms with van der Waals surface area (Å²) >= 11 is 0. The van der Waals surface area contributed by atoms with E-state index in [1.54, 1.807) is 12.1 Å². The second kappa shape index (κ2) is 6.94. The van der Waals surface area contributed by atoms with Crippen LogP contribution in [-0.4, -0.2) is 20.7 Å². The van der Waals surface area contributed by atoms with E-state index >= 15 is 0 Å². The summed E-state index contributed by atoms with van der Waals surface area (Å²) in [5, 5.41) is 3.39. The number of hydrogen-bond donors (Lipinski definition) is 1. The van der Waals surface area contributed by atoms with E-state index in [9.17, 15) is 8.42 Å². The minimum absolute atomic E-state index is 0.317. The van der Waals surface area contributed by atoms with E-state index < -0.39 is 9.84 Å². The first-order chi connectivity index (χ1) is 8.88. The predicted molar refractivity (Wildman–Crippen MR) is 81.3 cm³/mol. The number of anilines is 1. The van der Waals surface area contributed by atoms with E-state index in [0.717, 1.165) is 24.9 Å². The number of benzene rings is 1. The zero-order valence-corrected chi connectivity index (χ0v) is 13.1. The Morgan fingerprint density at radius 3 is 2.32 bits per heavy atom. The molecular formula is C15H25NO2S. The summed E-state index contributed by atoms with van der Waals surface area (Å²) in [6.07, 6.45) is 4.45. The molecule has 0 aliphatic heterocycles. The molecule has 0 saturated heterocycles. The minimum atomic E-state index is -3.18. The molecule has 0 saturated carbocycles. The smallest absolute Gasteiger partial charge is 0.177 e. The molecular weight excluding hydrogens is 258 g/mol. The lowest BCUT2D eigenvalue weighted by molar-refractivity contribution is 0.461. The fourth-order valence-electron chi connectivity index (χ4n) is 2.11. The summed E-state index contributed by atoms with van der Waals surface area (Å²) in [7, 11) is -3.18. The fourth-order valence-corrected chi connectivity index (χ4v) is 2.96. The minimum Gasteiger partial charge on any atom is -0.381 e. The van der Waals surface area contributed by atoms with E-state index in [4.69, 9.17) is 0 Å². The van der Waals surface area contributed by atoms with Gasteiger partial charge in [-0.05, 0) is 30.9 Å². The van der Waals surface area contributed by atoms with Crippen molar-refractivity contribution in [1.82, 2.24) is 0 Å². The molecule has 0 radical (unpaired) electrons. The lowest BCUT2D eigenvalue weighted by atomic mass is 9.97. The van der Waals surface area contributed by atoms with Gasteiger partial charge in [0.05, 0.1) is 10.6 Å². The van der Waals surface area contributed by atoms with Crippen LogP contribution < -0.4 is 5.32 Å². The highest BCUT2D eigenvalue weighted by molar-refractivity contribution is 7.90. The average molecular weight is 283 g/mol. The first-order valence-corrected chi connectivity index (χ1v) is 8.83. The maximum atomic E-state index is 11.8. The van der Waals surface area contributed by atoms with Crippen molar-refractivity contribution in [3.63, 3.8) is 0 Å². The molecule has 108 valence electrons. The molecule has 0 amide bonds. The van der Waals surface area contributed by atoms with Gasteiger partial charge in [0.1, 0.15) is 0 Å². The standard InChI is InChI=1S/C15H25NO2S/c1-5-12(3)11-13(6-2)16-14-9-7-8-10-15(14)19(4,17)18/h7-10,12-13,16H,5-6,11H2,1-4H3. The number of hydrogen-bond acceptors (Lipinski definition) is 3. The van der Waals surface area contributed by atoms with Crippen LogP contribution in [0.2, 0.25) is 0 Å². The third-order valence-electron chi connectivity index (χ3n) is 3.52. The Morgan fingerprint density at radius 1 is 1.16 bits per heavy atom. The molecule has 19 heavy (non-hydrogen) atoms. The molecule has 2 unspecified atom stereocenters. The van der Waals surface area contributed by atoms with Crippen LogP contribution in [0, 0.1) is 5.92 Å². The van der Waals surface area contributed by atoms with Gasteiger partial charge in [-0.2, -0.15) is 0 Å². The molecule has 4 heteroatoms. The van der Waals surface area contributed by atoms with Crippen LogP contribution in [-0.2, 0) is 9.84 Å². The zero-order chi connectivity index (χ0) is 14.5. The van der Waals surface area contributed by atoms with Gasteiger partial charge in [-0.1, -0.05) is 39.3 Å². The van der Waals surface area contributed by atoms with Crippen LogP contribution in [0.5, 0.6) is 0 Å². The summed E-state index contributed by atoms with van der Waals surface area (Å²) < 4.78 is 23.5. The van der Waals surface area contributed by atoms with E-state index in [2.05, 4.69) is 26.1 Å². The Morgan fingerprint density at radius 2 is 1.79 bits per heavy atom. The summed E-state index contributed by atoms with van der Waals surface area (Å²) in [5.74, 6) is 0.642. The van der Waals surface area contributed by atoms with Gasteiger partial charge in [-0.15, -0.1) is 0 Å². The van der Waals surface area contributed by atoms with Gasteiger partial charge in [0, 0.05) is 12.3 Å². The van der Waals surface area contributed by atoms with Gasteiger partial charge >= 0.3 is 0 Å². The monoisotopic (exact) mass is 283 g/mol. The predicted octanol–water partition coefficient (Wildman–Crippen LogP) is 3.72. The lowest BCUT2D eigenvalue weighted by Gasteiger charge is -2.22. The van der Waals surface area contributed by atoms with Gasteiger partial charge in [0.25, 0.3) is 0 Å². The fraction of sp³-hybridized carbons (Fsp3) is 0.600. The lowest BCUT2D eigenvalue weighted by Crippen LogP contribution is -2.22. The highest BCUT2D eigenvalue weighted by atomic mass is 32.2. The number of rotatable bonds is 7. The maximum absolute atomic E-state index is 11.8. The molecule has 0 spiro atoms. The van der Waals surface area contributed by atoms with Crippen molar-refractivity contribution in [1.29, 1.82) is 0 Å². The molecule has 2 atom stereocenters. The molecule has 1 N–H and O–H groups in total. The topological polar surface area (TPSA) is 46.2 Å². The molecule has 0 aliphatic carbocycles. The van der Waals surface area contributed by atoms with E-state index in [1.807, 2.05) is 12.1 Å². The Hall–Kier alpha value is -1.03. The first-order valence-electron chi connectivity index (χ1n) is 6.94. The summed E-state index contributed by atoms with van der Waals surface area (Å²) in [6.45, 7) is 6.54. The van der Waals surface area contributed by atoms with Crippen molar-refractivity contribution in [3.05, 3.63) is 24.3 Å². The quantitative estimate of drug-likeness (QED) is 0.829. The second-order valence-corrected chi connectivity index (χ2v) is 7.25. The van der Waals surface area contributed by atoms with Gasteiger partial charge in [-0.25, -0.2) is 8.42 Å². The SMILES string of the molecule is CCC(C)CC(CC)Nc1ccccc1S(C)(=O)=O. The molecule has 1 rings (SSSR count). The highest BCUT2D eigenvalue weighted by Crippen LogP contribution is 2.24. The zero-order valence-electron chi connectivity index (χ0n) is 12.3. The maximum Gasteiger partial charge on any atom is 0.177 e. The number of para-hydroxylation sites is 1. The molecule has 1 aromatic rings. The Labute approximate surface area is 117 Å². The molecule has 0 fully saturated rings. The summed E-state index contributed by atoms with van der Waals surface area (Å²) in [5.41, 5.74) is 0.722. The van der Waals surface area contributed by atoms with Crippen molar-refractivity contribution in [3.8, 4) is 0 Å². The average Bonchev–Trinajstić information content (AvgIpc) is 2.37. The normalized spacial score (nSPS) is 14.9. The van der Waals surface area contributed by atoms with Crippen molar-refractivity contribution in [2.75, 3.05) is 11.6 Å². The molecule has 0 aliphatic rings. The third kappa shape index (κ3) is 4.86. The van der Waals surface area contributed by atoms with Crippen LogP contribution in [0.25, 0.3) is 0 Å². The van der Waals surface area contributed by atoms with Crippen LogP contribution in [0.1, 0.15) is 40.0 Å². The van der Waals surface area contributed by atoms with Crippen LogP contribution in [0.3, 0.4) is 0 Å². The van der Waals surface area contributed by atoms with Gasteiger partial charge in [-0.3, -0.25) is 0 Å².